The Morgan fingerprint density at radius 2 is 2.00 bits per heavy atom. The van der Waals surface area contributed by atoms with Crippen molar-refractivity contribution in [1.82, 2.24) is 9.80 Å². The van der Waals surface area contributed by atoms with Gasteiger partial charge >= 0.3 is 6.03 Å². The zero-order valence-corrected chi connectivity index (χ0v) is 16.8. The van der Waals surface area contributed by atoms with Crippen molar-refractivity contribution >= 4 is 11.7 Å². The van der Waals surface area contributed by atoms with Crippen LogP contribution in [0.5, 0.6) is 5.75 Å². The van der Waals surface area contributed by atoms with E-state index in [4.69, 9.17) is 4.74 Å². The third kappa shape index (κ3) is 3.20. The lowest BCUT2D eigenvalue weighted by Crippen LogP contribution is -2.60. The number of rotatable bonds is 2. The Morgan fingerprint density at radius 1 is 1.14 bits per heavy atom. The molecule has 3 heterocycles. The van der Waals surface area contributed by atoms with Crippen molar-refractivity contribution in [2.24, 2.45) is 11.8 Å². The van der Waals surface area contributed by atoms with Crippen molar-refractivity contribution in [3.05, 3.63) is 35.9 Å². The molecule has 3 saturated heterocycles. The molecule has 3 aliphatic heterocycles. The van der Waals surface area contributed by atoms with E-state index in [1.54, 1.807) is 7.11 Å². The Balaban J connectivity index is 1.35. The van der Waals surface area contributed by atoms with Gasteiger partial charge < -0.3 is 15.0 Å². The van der Waals surface area contributed by atoms with Gasteiger partial charge in [0.15, 0.2) is 0 Å². The number of likely N-dealkylation sites (tertiary alicyclic amines) is 1. The van der Waals surface area contributed by atoms with Crippen LogP contribution in [0.15, 0.2) is 35.9 Å². The van der Waals surface area contributed by atoms with Gasteiger partial charge in [-0.2, -0.15) is 0 Å². The highest BCUT2D eigenvalue weighted by Crippen LogP contribution is 2.45. The Labute approximate surface area is 167 Å². The van der Waals surface area contributed by atoms with E-state index in [1.165, 1.54) is 37.8 Å². The molecule has 5 rings (SSSR count). The topological polar surface area (TPSA) is 44.8 Å². The predicted molar refractivity (Wildman–Crippen MR) is 111 cm³/mol. The molecule has 5 heteroatoms. The van der Waals surface area contributed by atoms with E-state index >= 15 is 0 Å². The number of nitrogens with one attached hydrogen (secondary N) is 1. The fourth-order valence-electron chi connectivity index (χ4n) is 6.07. The number of carbonyl (C=O) groups is 1. The quantitative estimate of drug-likeness (QED) is 0.784. The second-order valence-electron chi connectivity index (χ2n) is 8.86. The van der Waals surface area contributed by atoms with Gasteiger partial charge in [-0.3, -0.25) is 4.90 Å². The molecule has 1 N–H and O–H groups in total. The highest BCUT2D eigenvalue weighted by Gasteiger charge is 2.46. The van der Waals surface area contributed by atoms with Gasteiger partial charge in [-0.15, -0.1) is 0 Å². The summed E-state index contributed by atoms with van der Waals surface area (Å²) in [7, 11) is 1.66. The van der Waals surface area contributed by atoms with Crippen LogP contribution >= 0.6 is 0 Å². The molecular formula is C23H31N3O2. The number of hydrogen-bond acceptors (Lipinski definition) is 3. The molecule has 0 radical (unpaired) electrons. The average Bonchev–Trinajstić information content (AvgIpc) is 2.74. The summed E-state index contributed by atoms with van der Waals surface area (Å²) in [4.78, 5) is 18.0. The first-order valence-corrected chi connectivity index (χ1v) is 10.9. The number of urea groups is 1. The summed E-state index contributed by atoms with van der Waals surface area (Å²) in [5, 5.41) is 3.12. The molecule has 4 aliphatic rings. The number of anilines is 1. The molecule has 2 bridgehead atoms. The van der Waals surface area contributed by atoms with Crippen molar-refractivity contribution in [1.29, 1.82) is 0 Å². The Hall–Kier alpha value is -2.01. The molecule has 4 atom stereocenters. The van der Waals surface area contributed by atoms with E-state index in [2.05, 4.69) is 21.2 Å². The number of piperidine rings is 3. The molecule has 28 heavy (non-hydrogen) atoms. The Bertz CT molecular complexity index is 760. The molecule has 0 spiro atoms. The lowest BCUT2D eigenvalue weighted by Gasteiger charge is -2.54. The lowest BCUT2D eigenvalue weighted by atomic mass is 9.68. The van der Waals surface area contributed by atoms with Crippen LogP contribution in [0, 0.1) is 11.8 Å². The van der Waals surface area contributed by atoms with Crippen LogP contribution in [-0.2, 0) is 0 Å². The zero-order chi connectivity index (χ0) is 19.1. The largest absolute Gasteiger partial charge is 0.497 e. The van der Waals surface area contributed by atoms with Crippen molar-refractivity contribution in [2.75, 3.05) is 32.1 Å². The summed E-state index contributed by atoms with van der Waals surface area (Å²) >= 11 is 0. The molecule has 150 valence electrons. The number of hydrogen-bond donors (Lipinski definition) is 1. The summed E-state index contributed by atoms with van der Waals surface area (Å²) < 4.78 is 5.21. The minimum Gasteiger partial charge on any atom is -0.497 e. The maximum Gasteiger partial charge on any atom is 0.322 e. The van der Waals surface area contributed by atoms with Crippen molar-refractivity contribution in [3.63, 3.8) is 0 Å². The van der Waals surface area contributed by atoms with E-state index in [0.717, 1.165) is 43.4 Å². The summed E-state index contributed by atoms with van der Waals surface area (Å²) in [6.45, 7) is 3.26. The second kappa shape index (κ2) is 7.43. The molecular weight excluding hydrogens is 350 g/mol. The molecule has 5 nitrogen and oxygen atoms in total. The number of carbonyl (C=O) groups excluding carboxylic acids is 1. The first-order valence-electron chi connectivity index (χ1n) is 10.9. The van der Waals surface area contributed by atoms with Gasteiger partial charge in [-0.05, 0) is 74.8 Å². The van der Waals surface area contributed by atoms with E-state index < -0.39 is 0 Å². The number of amides is 2. The van der Waals surface area contributed by atoms with E-state index in [0.29, 0.717) is 11.8 Å². The minimum absolute atomic E-state index is 0.0417. The van der Waals surface area contributed by atoms with Gasteiger partial charge in [0, 0.05) is 24.8 Å². The molecule has 3 fully saturated rings. The van der Waals surface area contributed by atoms with E-state index in [9.17, 15) is 4.79 Å². The predicted octanol–water partition coefficient (Wildman–Crippen LogP) is 4.12. The normalized spacial score (nSPS) is 32.0. The Morgan fingerprint density at radius 3 is 2.82 bits per heavy atom. The summed E-state index contributed by atoms with van der Waals surface area (Å²) in [6, 6.07) is 8.67. The third-order valence-electron chi connectivity index (χ3n) is 7.26. The number of benzene rings is 1. The minimum atomic E-state index is 0.0417. The van der Waals surface area contributed by atoms with Gasteiger partial charge in [0.1, 0.15) is 5.75 Å². The third-order valence-corrected chi connectivity index (χ3v) is 7.26. The summed E-state index contributed by atoms with van der Waals surface area (Å²) in [6.07, 6.45) is 10.1. The molecule has 1 aromatic rings. The summed E-state index contributed by atoms with van der Waals surface area (Å²) in [5.41, 5.74) is 2.36. The Kier molecular flexibility index (Phi) is 4.79. The lowest BCUT2D eigenvalue weighted by molar-refractivity contribution is 0.00908. The highest BCUT2D eigenvalue weighted by atomic mass is 16.5. The van der Waals surface area contributed by atoms with Crippen LogP contribution in [0.3, 0.4) is 0 Å². The average molecular weight is 382 g/mol. The first-order chi connectivity index (χ1) is 13.7. The van der Waals surface area contributed by atoms with Crippen molar-refractivity contribution in [3.8, 4) is 5.75 Å². The molecule has 2 unspecified atom stereocenters. The van der Waals surface area contributed by atoms with Crippen LogP contribution in [-0.4, -0.2) is 54.7 Å². The van der Waals surface area contributed by atoms with Crippen LogP contribution < -0.4 is 10.1 Å². The number of ether oxygens (including phenoxy) is 1. The van der Waals surface area contributed by atoms with Crippen LogP contribution in [0.2, 0.25) is 0 Å². The highest BCUT2D eigenvalue weighted by molar-refractivity contribution is 5.90. The van der Waals surface area contributed by atoms with Crippen molar-refractivity contribution in [2.45, 2.75) is 50.6 Å². The standard InChI is InChI=1S/C23H31N3O2/c1-28-20-9-7-19(8-10-20)24-23(27)26-12-4-5-16-13-17-14-18(22(16)26)15-25-11-3-2-6-21(17)25/h7-10,13,17-18,21-22H,2-6,11-12,14-15H2,1H3,(H,24,27)/t17-,18-,21?,22?/m0/s1. The smallest absolute Gasteiger partial charge is 0.322 e. The van der Waals surface area contributed by atoms with Gasteiger partial charge in [0.25, 0.3) is 0 Å². The molecule has 0 saturated carbocycles. The number of nitrogens with zero attached hydrogens (tertiary/aromatic N) is 2. The van der Waals surface area contributed by atoms with Gasteiger partial charge in [0.2, 0.25) is 0 Å². The fourth-order valence-corrected chi connectivity index (χ4v) is 6.07. The monoisotopic (exact) mass is 381 g/mol. The van der Waals surface area contributed by atoms with E-state index in [1.807, 2.05) is 24.3 Å². The fraction of sp³-hybridized carbons (Fsp3) is 0.609. The molecule has 0 aromatic heterocycles. The van der Waals surface area contributed by atoms with Crippen molar-refractivity contribution < 1.29 is 9.53 Å². The molecule has 1 aromatic carbocycles. The molecule has 1 aliphatic carbocycles. The SMILES string of the molecule is COc1ccc(NC(=O)N2CCCC3=C[C@H]4C[C@@H](CN5CCCCC45)C32)cc1. The van der Waals surface area contributed by atoms with Gasteiger partial charge in [-0.25, -0.2) is 4.79 Å². The zero-order valence-electron chi connectivity index (χ0n) is 16.8. The number of fused-ring (bicyclic) bond motifs is 6. The van der Waals surface area contributed by atoms with Gasteiger partial charge in [0.05, 0.1) is 13.2 Å². The first kappa shape index (κ1) is 18.0. The second-order valence-corrected chi connectivity index (χ2v) is 8.86. The van der Waals surface area contributed by atoms with Crippen LogP contribution in [0.25, 0.3) is 0 Å². The maximum absolute atomic E-state index is 13.2. The molecule has 2 amide bonds. The van der Waals surface area contributed by atoms with E-state index in [-0.39, 0.29) is 12.1 Å². The van der Waals surface area contributed by atoms with Crippen LogP contribution in [0.1, 0.15) is 38.5 Å². The maximum atomic E-state index is 13.2. The van der Waals surface area contributed by atoms with Gasteiger partial charge in [-0.1, -0.05) is 18.1 Å². The number of methoxy groups -OCH3 is 1. The summed E-state index contributed by atoms with van der Waals surface area (Å²) in [5.74, 6) is 2.09. The van der Waals surface area contributed by atoms with Crippen LogP contribution in [0.4, 0.5) is 10.5 Å².